The second-order valence-corrected chi connectivity index (χ2v) is 5.92. The summed E-state index contributed by atoms with van der Waals surface area (Å²) in [4.78, 5) is 8.65. The van der Waals surface area contributed by atoms with Gasteiger partial charge in [-0.2, -0.15) is 4.98 Å². The summed E-state index contributed by atoms with van der Waals surface area (Å²) in [5.74, 6) is 1.22. The van der Waals surface area contributed by atoms with Crippen LogP contribution in [-0.2, 0) is 0 Å². The van der Waals surface area contributed by atoms with E-state index in [4.69, 9.17) is 16.1 Å². The Morgan fingerprint density at radius 1 is 1.29 bits per heavy atom. The molecule has 0 amide bonds. The van der Waals surface area contributed by atoms with Gasteiger partial charge in [-0.15, -0.1) is 17.5 Å². The standard InChI is InChI=1S/C15H15ClN6O.ClH/c16-11-4-1-3-10(7-11)13-19-15(23-21-13)14-18-9-22(20-14)12-5-2-6-17-8-12;/h1,3-4,7,9,12,17H,2,5-6,8H2;1H. The lowest BCUT2D eigenvalue weighted by molar-refractivity contribution is 0.345. The molecule has 3 heterocycles. The van der Waals surface area contributed by atoms with Crippen LogP contribution in [0.25, 0.3) is 23.1 Å². The summed E-state index contributed by atoms with van der Waals surface area (Å²) >= 11 is 5.99. The molecule has 0 spiro atoms. The Morgan fingerprint density at radius 3 is 3.00 bits per heavy atom. The molecule has 24 heavy (non-hydrogen) atoms. The number of hydrogen-bond donors (Lipinski definition) is 1. The van der Waals surface area contributed by atoms with Gasteiger partial charge in [-0.3, -0.25) is 0 Å². The van der Waals surface area contributed by atoms with Crippen LogP contribution in [0.2, 0.25) is 5.02 Å². The second-order valence-electron chi connectivity index (χ2n) is 5.48. The SMILES string of the molecule is Cl.Clc1cccc(-c2noc(-c3ncn(C4CCCNC4)n3)n2)c1. The predicted octanol–water partition coefficient (Wildman–Crippen LogP) is 2.99. The fraction of sp³-hybridized carbons (Fsp3) is 0.333. The third-order valence-corrected chi connectivity index (χ3v) is 4.09. The maximum absolute atomic E-state index is 5.99. The van der Waals surface area contributed by atoms with Crippen molar-refractivity contribution in [2.24, 2.45) is 0 Å². The zero-order valence-electron chi connectivity index (χ0n) is 12.7. The third-order valence-electron chi connectivity index (χ3n) is 3.85. The van der Waals surface area contributed by atoms with Crippen LogP contribution in [0.4, 0.5) is 0 Å². The van der Waals surface area contributed by atoms with Crippen molar-refractivity contribution in [1.29, 1.82) is 0 Å². The maximum atomic E-state index is 5.99. The summed E-state index contributed by atoms with van der Waals surface area (Å²) in [5.41, 5.74) is 0.795. The first-order valence-electron chi connectivity index (χ1n) is 7.51. The minimum atomic E-state index is 0. The van der Waals surface area contributed by atoms with E-state index in [0.717, 1.165) is 31.5 Å². The lowest BCUT2D eigenvalue weighted by Crippen LogP contribution is -2.31. The summed E-state index contributed by atoms with van der Waals surface area (Å²) in [7, 11) is 0. The summed E-state index contributed by atoms with van der Waals surface area (Å²) < 4.78 is 7.15. The van der Waals surface area contributed by atoms with Crippen LogP contribution in [0.3, 0.4) is 0 Å². The van der Waals surface area contributed by atoms with Gasteiger partial charge in [-0.1, -0.05) is 28.9 Å². The molecule has 0 aliphatic carbocycles. The van der Waals surface area contributed by atoms with E-state index < -0.39 is 0 Å². The Bertz CT molecular complexity index is 812. The average Bonchev–Trinajstić information content (AvgIpc) is 3.25. The second kappa shape index (κ2) is 7.29. The molecule has 1 unspecified atom stereocenters. The van der Waals surface area contributed by atoms with Crippen molar-refractivity contribution in [2.75, 3.05) is 13.1 Å². The Balaban J connectivity index is 0.00000169. The van der Waals surface area contributed by atoms with Gasteiger partial charge in [0.25, 0.3) is 5.89 Å². The zero-order chi connectivity index (χ0) is 15.6. The first-order valence-corrected chi connectivity index (χ1v) is 7.89. The molecule has 2 aromatic heterocycles. The number of benzene rings is 1. The van der Waals surface area contributed by atoms with Crippen molar-refractivity contribution in [1.82, 2.24) is 30.2 Å². The van der Waals surface area contributed by atoms with Crippen molar-refractivity contribution in [2.45, 2.75) is 18.9 Å². The first kappa shape index (κ1) is 16.9. The van der Waals surface area contributed by atoms with Gasteiger partial charge in [-0.05, 0) is 31.5 Å². The molecule has 0 saturated carbocycles. The molecule has 1 fully saturated rings. The number of halogens is 2. The normalized spacial score (nSPS) is 17.5. The number of nitrogens with zero attached hydrogens (tertiary/aromatic N) is 5. The van der Waals surface area contributed by atoms with Gasteiger partial charge in [-0.25, -0.2) is 9.67 Å². The number of aromatic nitrogens is 5. The van der Waals surface area contributed by atoms with E-state index in [1.165, 1.54) is 0 Å². The van der Waals surface area contributed by atoms with Crippen LogP contribution in [0.15, 0.2) is 35.1 Å². The van der Waals surface area contributed by atoms with E-state index in [0.29, 0.717) is 28.6 Å². The van der Waals surface area contributed by atoms with Gasteiger partial charge in [0.15, 0.2) is 0 Å². The molecule has 3 aromatic rings. The van der Waals surface area contributed by atoms with Gasteiger partial charge in [0, 0.05) is 17.1 Å². The van der Waals surface area contributed by atoms with E-state index >= 15 is 0 Å². The highest BCUT2D eigenvalue weighted by Gasteiger charge is 2.19. The molecule has 1 saturated heterocycles. The Labute approximate surface area is 149 Å². The summed E-state index contributed by atoms with van der Waals surface area (Å²) in [5, 5.41) is 12.4. The highest BCUT2D eigenvalue weighted by atomic mass is 35.5. The lowest BCUT2D eigenvalue weighted by Gasteiger charge is -2.22. The smallest absolute Gasteiger partial charge is 0.297 e. The fourth-order valence-electron chi connectivity index (χ4n) is 2.67. The summed E-state index contributed by atoms with van der Waals surface area (Å²) in [6, 6.07) is 7.63. The van der Waals surface area contributed by atoms with Gasteiger partial charge < -0.3 is 9.84 Å². The summed E-state index contributed by atoms with van der Waals surface area (Å²) in [6.07, 6.45) is 3.95. The van der Waals surface area contributed by atoms with Crippen LogP contribution in [0.5, 0.6) is 0 Å². The molecular weight excluding hydrogens is 351 g/mol. The Morgan fingerprint density at radius 2 is 2.21 bits per heavy atom. The molecule has 1 aliphatic rings. The van der Waals surface area contributed by atoms with Crippen molar-refractivity contribution in [3.8, 4) is 23.1 Å². The fourth-order valence-corrected chi connectivity index (χ4v) is 2.86. The van der Waals surface area contributed by atoms with Gasteiger partial charge in [0.2, 0.25) is 11.6 Å². The number of rotatable bonds is 3. The largest absolute Gasteiger partial charge is 0.330 e. The van der Waals surface area contributed by atoms with Crippen LogP contribution in [0, 0.1) is 0 Å². The summed E-state index contributed by atoms with van der Waals surface area (Å²) in [6.45, 7) is 1.96. The molecule has 4 rings (SSSR count). The predicted molar refractivity (Wildman–Crippen MR) is 92.1 cm³/mol. The molecule has 1 N–H and O–H groups in total. The van der Waals surface area contributed by atoms with Gasteiger partial charge in [0.1, 0.15) is 6.33 Å². The topological polar surface area (TPSA) is 81.7 Å². The van der Waals surface area contributed by atoms with Crippen molar-refractivity contribution < 1.29 is 4.52 Å². The Kier molecular flexibility index (Phi) is 5.13. The van der Waals surface area contributed by atoms with E-state index in [1.54, 1.807) is 18.5 Å². The van der Waals surface area contributed by atoms with E-state index in [2.05, 4.69) is 25.5 Å². The minimum Gasteiger partial charge on any atom is -0.330 e. The van der Waals surface area contributed by atoms with Crippen molar-refractivity contribution >= 4 is 24.0 Å². The van der Waals surface area contributed by atoms with Crippen LogP contribution in [0.1, 0.15) is 18.9 Å². The van der Waals surface area contributed by atoms with Crippen LogP contribution in [-0.4, -0.2) is 38.0 Å². The van der Waals surface area contributed by atoms with Crippen LogP contribution >= 0.6 is 24.0 Å². The molecule has 126 valence electrons. The Hall–Kier alpha value is -1.96. The molecule has 7 nitrogen and oxygen atoms in total. The molecular formula is C15H16Cl2N6O. The third kappa shape index (κ3) is 3.43. The number of piperidine rings is 1. The number of nitrogens with one attached hydrogen (secondary N) is 1. The average molecular weight is 367 g/mol. The van der Waals surface area contributed by atoms with Crippen molar-refractivity contribution in [3.05, 3.63) is 35.6 Å². The monoisotopic (exact) mass is 366 g/mol. The maximum Gasteiger partial charge on any atom is 0.297 e. The molecule has 0 radical (unpaired) electrons. The molecule has 9 heteroatoms. The molecule has 1 aromatic carbocycles. The molecule has 1 aliphatic heterocycles. The van der Waals surface area contributed by atoms with E-state index in [-0.39, 0.29) is 12.4 Å². The first-order chi connectivity index (χ1) is 11.3. The minimum absolute atomic E-state index is 0. The lowest BCUT2D eigenvalue weighted by atomic mass is 10.1. The van der Waals surface area contributed by atoms with Crippen LogP contribution < -0.4 is 5.32 Å². The number of hydrogen-bond acceptors (Lipinski definition) is 6. The molecule has 0 bridgehead atoms. The van der Waals surface area contributed by atoms with Gasteiger partial charge >= 0.3 is 0 Å². The van der Waals surface area contributed by atoms with E-state index in [9.17, 15) is 0 Å². The molecule has 1 atom stereocenters. The quantitative estimate of drug-likeness (QED) is 0.767. The zero-order valence-corrected chi connectivity index (χ0v) is 14.3. The van der Waals surface area contributed by atoms with E-state index in [1.807, 2.05) is 16.8 Å². The van der Waals surface area contributed by atoms with Gasteiger partial charge in [0.05, 0.1) is 6.04 Å². The highest BCUT2D eigenvalue weighted by Crippen LogP contribution is 2.23. The van der Waals surface area contributed by atoms with Crippen molar-refractivity contribution in [3.63, 3.8) is 0 Å². The highest BCUT2D eigenvalue weighted by molar-refractivity contribution is 6.30.